The average molecular weight is 370 g/mol. The van der Waals surface area contributed by atoms with Gasteiger partial charge in [-0.15, -0.1) is 0 Å². The van der Waals surface area contributed by atoms with Gasteiger partial charge in [-0.2, -0.15) is 0 Å². The topological polar surface area (TPSA) is 64.7 Å². The van der Waals surface area contributed by atoms with Crippen molar-refractivity contribution in [2.75, 3.05) is 39.3 Å². The molecule has 0 radical (unpaired) electrons. The van der Waals surface area contributed by atoms with Crippen LogP contribution in [0.3, 0.4) is 0 Å². The maximum atomic E-state index is 6.02. The Balaban J connectivity index is 1.29. The van der Waals surface area contributed by atoms with Crippen molar-refractivity contribution in [3.63, 3.8) is 0 Å². The second-order valence-electron chi connectivity index (χ2n) is 7.50. The predicted octanol–water partition coefficient (Wildman–Crippen LogP) is 2.13. The van der Waals surface area contributed by atoms with Gasteiger partial charge in [0.05, 0.1) is 19.3 Å². The van der Waals surface area contributed by atoms with Crippen molar-refractivity contribution in [3.8, 4) is 0 Å². The average Bonchev–Trinajstić information content (AvgIpc) is 3.32. The van der Waals surface area contributed by atoms with Crippen LogP contribution >= 0.6 is 0 Å². The van der Waals surface area contributed by atoms with Crippen molar-refractivity contribution in [1.82, 2.24) is 20.5 Å². The fourth-order valence-electron chi connectivity index (χ4n) is 4.18. The van der Waals surface area contributed by atoms with Crippen LogP contribution in [0.4, 0.5) is 0 Å². The number of aromatic nitrogens is 1. The smallest absolute Gasteiger partial charge is 0.191 e. The van der Waals surface area contributed by atoms with Crippen LogP contribution < -0.4 is 10.6 Å². The van der Waals surface area contributed by atoms with E-state index in [0.29, 0.717) is 12.6 Å². The standard InChI is InChI=1S/C21H31N5O/c1-2-22-21(25-13-18-14-26-11-5-6-17(26)15-27-18)23-10-9-16-12-24-20-8-4-3-7-19(16)20/h3-4,7-8,12,17-18,24H,2,5-6,9-11,13-15H2,1H3,(H2,22,23,25). The van der Waals surface area contributed by atoms with Crippen LogP contribution in [0.25, 0.3) is 10.9 Å². The number of aliphatic imine (C=N–C) groups is 1. The molecular weight excluding hydrogens is 338 g/mol. The molecule has 2 atom stereocenters. The molecule has 6 heteroatoms. The quantitative estimate of drug-likeness (QED) is 0.539. The largest absolute Gasteiger partial charge is 0.373 e. The molecule has 1 aromatic heterocycles. The molecule has 0 spiro atoms. The van der Waals surface area contributed by atoms with E-state index in [-0.39, 0.29) is 6.10 Å². The third-order valence-electron chi connectivity index (χ3n) is 5.62. The highest BCUT2D eigenvalue weighted by atomic mass is 16.5. The van der Waals surface area contributed by atoms with Crippen LogP contribution in [0.15, 0.2) is 35.5 Å². The van der Waals surface area contributed by atoms with Crippen LogP contribution in [0, 0.1) is 0 Å². The Hall–Kier alpha value is -2.05. The molecule has 4 rings (SSSR count). The highest BCUT2D eigenvalue weighted by molar-refractivity contribution is 5.83. The molecule has 6 nitrogen and oxygen atoms in total. The molecule has 2 unspecified atom stereocenters. The van der Waals surface area contributed by atoms with E-state index in [4.69, 9.17) is 9.73 Å². The fraction of sp³-hybridized carbons (Fsp3) is 0.571. The number of hydrogen-bond donors (Lipinski definition) is 3. The van der Waals surface area contributed by atoms with Crippen molar-refractivity contribution < 1.29 is 4.74 Å². The minimum Gasteiger partial charge on any atom is -0.373 e. The van der Waals surface area contributed by atoms with Crippen LogP contribution in [0.1, 0.15) is 25.3 Å². The Morgan fingerprint density at radius 1 is 1.33 bits per heavy atom. The minimum absolute atomic E-state index is 0.212. The number of H-pyrrole nitrogens is 1. The third kappa shape index (κ3) is 4.45. The SMILES string of the molecule is CCNC(=NCC1CN2CCCC2CO1)NCCc1c[nH]c2ccccc12. The minimum atomic E-state index is 0.212. The molecule has 2 saturated heterocycles. The van der Waals surface area contributed by atoms with Crippen molar-refractivity contribution in [2.45, 2.75) is 38.3 Å². The first kappa shape index (κ1) is 18.3. The number of para-hydroxylation sites is 1. The van der Waals surface area contributed by atoms with Crippen LogP contribution in [0.2, 0.25) is 0 Å². The molecule has 2 aliphatic heterocycles. The molecule has 2 fully saturated rings. The van der Waals surface area contributed by atoms with E-state index in [0.717, 1.165) is 38.6 Å². The van der Waals surface area contributed by atoms with Gasteiger partial charge in [-0.3, -0.25) is 9.89 Å². The molecule has 0 bridgehead atoms. The van der Waals surface area contributed by atoms with Crippen molar-refractivity contribution >= 4 is 16.9 Å². The summed E-state index contributed by atoms with van der Waals surface area (Å²) in [7, 11) is 0. The molecule has 3 N–H and O–H groups in total. The number of morpholine rings is 1. The zero-order chi connectivity index (χ0) is 18.5. The van der Waals surface area contributed by atoms with Crippen molar-refractivity contribution in [1.29, 1.82) is 0 Å². The Labute approximate surface area is 161 Å². The lowest BCUT2D eigenvalue weighted by Gasteiger charge is -2.34. The summed E-state index contributed by atoms with van der Waals surface area (Å²) in [6.07, 6.45) is 5.88. The highest BCUT2D eigenvalue weighted by Crippen LogP contribution is 2.22. The third-order valence-corrected chi connectivity index (χ3v) is 5.62. The van der Waals surface area contributed by atoms with Crippen LogP contribution in [0.5, 0.6) is 0 Å². The number of rotatable bonds is 6. The summed E-state index contributed by atoms with van der Waals surface area (Å²) < 4.78 is 6.02. The van der Waals surface area contributed by atoms with Gasteiger partial charge in [0, 0.05) is 42.8 Å². The zero-order valence-corrected chi connectivity index (χ0v) is 16.2. The second kappa shape index (κ2) is 8.76. The molecule has 3 heterocycles. The van der Waals surface area contributed by atoms with Gasteiger partial charge in [0.25, 0.3) is 0 Å². The first-order valence-corrected chi connectivity index (χ1v) is 10.3. The summed E-state index contributed by atoms with van der Waals surface area (Å²) in [5, 5.41) is 8.12. The Kier molecular flexibility index (Phi) is 5.94. The highest BCUT2D eigenvalue weighted by Gasteiger charge is 2.31. The van der Waals surface area contributed by atoms with Crippen molar-refractivity contribution in [2.24, 2.45) is 4.99 Å². The van der Waals surface area contributed by atoms with E-state index in [9.17, 15) is 0 Å². The summed E-state index contributed by atoms with van der Waals surface area (Å²) in [4.78, 5) is 10.7. The van der Waals surface area contributed by atoms with Gasteiger partial charge in [-0.05, 0) is 44.4 Å². The van der Waals surface area contributed by atoms with Crippen molar-refractivity contribution in [3.05, 3.63) is 36.0 Å². The summed E-state index contributed by atoms with van der Waals surface area (Å²) >= 11 is 0. The molecule has 146 valence electrons. The van der Waals surface area contributed by atoms with E-state index < -0.39 is 0 Å². The van der Waals surface area contributed by atoms with Gasteiger partial charge in [0.2, 0.25) is 0 Å². The van der Waals surface area contributed by atoms with E-state index in [1.54, 1.807) is 0 Å². The Morgan fingerprint density at radius 3 is 3.19 bits per heavy atom. The monoisotopic (exact) mass is 369 g/mol. The van der Waals surface area contributed by atoms with E-state index in [1.807, 2.05) is 0 Å². The van der Waals surface area contributed by atoms with Crippen LogP contribution in [-0.2, 0) is 11.2 Å². The van der Waals surface area contributed by atoms with Gasteiger partial charge in [-0.25, -0.2) is 0 Å². The van der Waals surface area contributed by atoms with Crippen LogP contribution in [-0.4, -0.2) is 67.3 Å². The normalized spacial score (nSPS) is 23.5. The molecule has 27 heavy (non-hydrogen) atoms. The van der Waals surface area contributed by atoms with Gasteiger partial charge < -0.3 is 20.4 Å². The molecule has 2 aromatic rings. The molecule has 1 aromatic carbocycles. The lowest BCUT2D eigenvalue weighted by Crippen LogP contribution is -2.47. The summed E-state index contributed by atoms with van der Waals surface area (Å²) in [5.41, 5.74) is 2.53. The Bertz CT molecular complexity index is 771. The van der Waals surface area contributed by atoms with E-state index >= 15 is 0 Å². The molecule has 0 aliphatic carbocycles. The Morgan fingerprint density at radius 2 is 2.26 bits per heavy atom. The van der Waals surface area contributed by atoms with Gasteiger partial charge >= 0.3 is 0 Å². The maximum absolute atomic E-state index is 6.02. The molecular formula is C21H31N5O. The molecule has 0 amide bonds. The summed E-state index contributed by atoms with van der Waals surface area (Å²) in [6, 6.07) is 9.09. The van der Waals surface area contributed by atoms with Gasteiger partial charge in [0.1, 0.15) is 0 Å². The number of fused-ring (bicyclic) bond motifs is 2. The van der Waals surface area contributed by atoms with Gasteiger partial charge in [0.15, 0.2) is 5.96 Å². The number of hydrogen-bond acceptors (Lipinski definition) is 3. The number of ether oxygens (including phenoxy) is 1. The summed E-state index contributed by atoms with van der Waals surface area (Å²) in [5.74, 6) is 0.879. The first-order chi connectivity index (χ1) is 13.3. The lowest BCUT2D eigenvalue weighted by atomic mass is 10.1. The maximum Gasteiger partial charge on any atom is 0.191 e. The number of benzene rings is 1. The fourth-order valence-corrected chi connectivity index (χ4v) is 4.18. The predicted molar refractivity (Wildman–Crippen MR) is 110 cm³/mol. The summed E-state index contributed by atoms with van der Waals surface area (Å²) in [6.45, 7) is 7.63. The second-order valence-corrected chi connectivity index (χ2v) is 7.50. The number of aromatic amines is 1. The van der Waals surface area contributed by atoms with E-state index in [2.05, 4.69) is 57.9 Å². The number of nitrogens with zero attached hydrogens (tertiary/aromatic N) is 2. The lowest BCUT2D eigenvalue weighted by molar-refractivity contribution is -0.0432. The first-order valence-electron chi connectivity index (χ1n) is 10.3. The molecule has 0 saturated carbocycles. The zero-order valence-electron chi connectivity index (χ0n) is 16.2. The number of nitrogens with one attached hydrogen (secondary N) is 3. The van der Waals surface area contributed by atoms with Gasteiger partial charge in [-0.1, -0.05) is 18.2 Å². The van der Waals surface area contributed by atoms with E-state index in [1.165, 1.54) is 35.9 Å². The molecule has 2 aliphatic rings. The number of guanidine groups is 1.